The molecule has 53 heavy (non-hydrogen) atoms. The Balaban J connectivity index is 3.84. The van der Waals surface area contributed by atoms with Gasteiger partial charge < -0.3 is 20.2 Å². The molecule has 0 rings (SSSR count). The Kier molecular flexibility index (Phi) is 40.4. The van der Waals surface area contributed by atoms with E-state index in [-0.39, 0.29) is 5.91 Å². The van der Waals surface area contributed by atoms with Gasteiger partial charge in [0.1, 0.15) is 0 Å². The molecule has 2 atom stereocenters. The highest BCUT2D eigenvalue weighted by Crippen LogP contribution is 2.36. The van der Waals surface area contributed by atoms with Crippen LogP contribution in [0.3, 0.4) is 0 Å². The molecule has 0 fully saturated rings. The standard InChI is InChI=1S/C45H90NO6P/c1-3-5-7-9-11-13-15-17-19-20-21-22-23-24-25-27-29-31-33-35-37-39-41-45(48)46-43(42-52-53(49,50)51)44(47)40-38-36-34-32-30-28-26-18-16-14-12-10-8-6-4-2/h38,40,43-44,47H,3-37,39,41-42H2,1-2H3,(H,46,48)(H2,49,50,51)/b40-38+/t43-,44+/m0/s1. The van der Waals surface area contributed by atoms with Crippen LogP contribution in [0.4, 0.5) is 0 Å². The Bertz CT molecular complexity index is 834. The highest BCUT2D eigenvalue weighted by Gasteiger charge is 2.24. The number of aliphatic hydroxyl groups is 1. The second kappa shape index (κ2) is 40.9. The number of amides is 1. The molecular formula is C45H90NO6P. The summed E-state index contributed by atoms with van der Waals surface area (Å²) in [5.74, 6) is -0.221. The van der Waals surface area contributed by atoms with Crippen molar-refractivity contribution in [2.24, 2.45) is 0 Å². The minimum absolute atomic E-state index is 0.221. The Morgan fingerprint density at radius 3 is 1.15 bits per heavy atom. The number of phosphoric acid groups is 1. The van der Waals surface area contributed by atoms with Crippen molar-refractivity contribution in [2.45, 2.75) is 264 Å². The van der Waals surface area contributed by atoms with Crippen molar-refractivity contribution in [3.8, 4) is 0 Å². The number of allylic oxidation sites excluding steroid dienone is 1. The topological polar surface area (TPSA) is 116 Å². The van der Waals surface area contributed by atoms with Crippen molar-refractivity contribution in [1.82, 2.24) is 5.32 Å². The third-order valence-corrected chi connectivity index (χ3v) is 11.2. The third kappa shape index (κ3) is 42.3. The maximum atomic E-state index is 12.6. The van der Waals surface area contributed by atoms with Crippen LogP contribution in [0.1, 0.15) is 251 Å². The fourth-order valence-electron chi connectivity index (χ4n) is 7.23. The molecule has 1 amide bonds. The zero-order valence-electron chi connectivity index (χ0n) is 35.2. The van der Waals surface area contributed by atoms with Gasteiger partial charge in [-0.05, 0) is 19.3 Å². The van der Waals surface area contributed by atoms with E-state index >= 15 is 0 Å². The minimum atomic E-state index is -4.71. The van der Waals surface area contributed by atoms with Gasteiger partial charge in [0.05, 0.1) is 18.8 Å². The fourth-order valence-corrected chi connectivity index (χ4v) is 7.58. The molecule has 316 valence electrons. The van der Waals surface area contributed by atoms with Gasteiger partial charge in [0.15, 0.2) is 0 Å². The van der Waals surface area contributed by atoms with Gasteiger partial charge in [-0.3, -0.25) is 9.32 Å². The summed E-state index contributed by atoms with van der Waals surface area (Å²) < 4.78 is 15.9. The molecule has 0 bridgehead atoms. The van der Waals surface area contributed by atoms with E-state index in [9.17, 15) is 14.5 Å². The van der Waals surface area contributed by atoms with E-state index in [1.54, 1.807) is 6.08 Å². The van der Waals surface area contributed by atoms with E-state index in [1.807, 2.05) is 6.08 Å². The number of aliphatic hydroxyl groups excluding tert-OH is 1. The quantitative estimate of drug-likeness (QED) is 0.0279. The largest absolute Gasteiger partial charge is 0.469 e. The predicted molar refractivity (Wildman–Crippen MR) is 227 cm³/mol. The lowest BCUT2D eigenvalue weighted by molar-refractivity contribution is -0.123. The number of phosphoric ester groups is 1. The van der Waals surface area contributed by atoms with E-state index in [1.165, 1.54) is 193 Å². The molecule has 0 aromatic heterocycles. The molecular weight excluding hydrogens is 681 g/mol. The van der Waals surface area contributed by atoms with Crippen LogP contribution in [-0.2, 0) is 13.9 Å². The Labute approximate surface area is 329 Å². The minimum Gasteiger partial charge on any atom is -0.387 e. The zero-order chi connectivity index (χ0) is 38.9. The smallest absolute Gasteiger partial charge is 0.387 e. The van der Waals surface area contributed by atoms with E-state index in [0.717, 1.165) is 38.5 Å². The molecule has 7 nitrogen and oxygen atoms in total. The van der Waals surface area contributed by atoms with Crippen LogP contribution in [0.2, 0.25) is 0 Å². The average Bonchev–Trinajstić information content (AvgIpc) is 3.13. The van der Waals surface area contributed by atoms with Gasteiger partial charge in [-0.1, -0.05) is 238 Å². The molecule has 0 radical (unpaired) electrons. The Hall–Kier alpha value is -0.720. The van der Waals surface area contributed by atoms with Crippen LogP contribution in [0.25, 0.3) is 0 Å². The first-order valence-electron chi connectivity index (χ1n) is 23.1. The summed E-state index contributed by atoms with van der Waals surface area (Å²) in [6, 6.07) is -0.905. The van der Waals surface area contributed by atoms with Crippen LogP contribution < -0.4 is 5.32 Å². The number of hydrogen-bond donors (Lipinski definition) is 4. The summed E-state index contributed by atoms with van der Waals surface area (Å²) in [7, 11) is -4.71. The first-order chi connectivity index (χ1) is 25.8. The molecule has 0 heterocycles. The third-order valence-electron chi connectivity index (χ3n) is 10.7. The van der Waals surface area contributed by atoms with Crippen LogP contribution in [0.15, 0.2) is 12.2 Å². The van der Waals surface area contributed by atoms with Crippen LogP contribution in [-0.4, -0.2) is 39.6 Å². The lowest BCUT2D eigenvalue weighted by Gasteiger charge is -2.22. The van der Waals surface area contributed by atoms with Crippen molar-refractivity contribution in [3.63, 3.8) is 0 Å². The predicted octanol–water partition coefficient (Wildman–Crippen LogP) is 14.0. The summed E-state index contributed by atoms with van der Waals surface area (Å²) in [5.41, 5.74) is 0. The maximum Gasteiger partial charge on any atom is 0.469 e. The fraction of sp³-hybridized carbons (Fsp3) is 0.933. The number of nitrogens with one attached hydrogen (secondary N) is 1. The normalized spacial score (nSPS) is 13.2. The lowest BCUT2D eigenvalue weighted by atomic mass is 10.0. The van der Waals surface area contributed by atoms with E-state index in [4.69, 9.17) is 9.79 Å². The van der Waals surface area contributed by atoms with Crippen LogP contribution >= 0.6 is 7.82 Å². The second-order valence-electron chi connectivity index (χ2n) is 16.1. The molecule has 0 unspecified atom stereocenters. The molecule has 0 saturated heterocycles. The lowest BCUT2D eigenvalue weighted by Crippen LogP contribution is -2.45. The van der Waals surface area contributed by atoms with E-state index in [2.05, 4.69) is 23.7 Å². The van der Waals surface area contributed by atoms with Crippen molar-refractivity contribution in [3.05, 3.63) is 12.2 Å². The Morgan fingerprint density at radius 1 is 0.528 bits per heavy atom. The molecule has 4 N–H and O–H groups in total. The van der Waals surface area contributed by atoms with Gasteiger partial charge in [-0.15, -0.1) is 0 Å². The molecule has 0 aromatic carbocycles. The number of hydrogen-bond acceptors (Lipinski definition) is 4. The first kappa shape index (κ1) is 52.3. The van der Waals surface area contributed by atoms with Gasteiger partial charge in [0, 0.05) is 6.42 Å². The number of carbonyl (C=O) groups excluding carboxylic acids is 1. The van der Waals surface area contributed by atoms with Crippen molar-refractivity contribution >= 4 is 13.7 Å². The van der Waals surface area contributed by atoms with Crippen LogP contribution in [0.5, 0.6) is 0 Å². The highest BCUT2D eigenvalue weighted by atomic mass is 31.2. The van der Waals surface area contributed by atoms with Crippen molar-refractivity contribution in [2.75, 3.05) is 6.61 Å². The Morgan fingerprint density at radius 2 is 0.830 bits per heavy atom. The van der Waals surface area contributed by atoms with Gasteiger partial charge in [0.2, 0.25) is 5.91 Å². The van der Waals surface area contributed by atoms with E-state index < -0.39 is 26.6 Å². The van der Waals surface area contributed by atoms with Crippen molar-refractivity contribution in [1.29, 1.82) is 0 Å². The molecule has 0 saturated carbocycles. The van der Waals surface area contributed by atoms with Gasteiger partial charge in [-0.25, -0.2) is 4.57 Å². The molecule has 0 aliphatic carbocycles. The number of carbonyl (C=O) groups is 1. The highest BCUT2D eigenvalue weighted by molar-refractivity contribution is 7.46. The maximum absolute atomic E-state index is 12.6. The number of unbranched alkanes of at least 4 members (excludes halogenated alkanes) is 34. The van der Waals surface area contributed by atoms with Gasteiger partial charge in [0.25, 0.3) is 0 Å². The summed E-state index contributed by atoms with van der Waals surface area (Å²) in [4.78, 5) is 30.9. The summed E-state index contributed by atoms with van der Waals surface area (Å²) in [6.07, 6.45) is 49.6. The number of rotatable bonds is 43. The summed E-state index contributed by atoms with van der Waals surface area (Å²) in [5, 5.41) is 13.4. The molecule has 8 heteroatoms. The molecule has 0 aliphatic heterocycles. The van der Waals surface area contributed by atoms with Gasteiger partial charge in [-0.2, -0.15) is 0 Å². The summed E-state index contributed by atoms with van der Waals surface area (Å²) >= 11 is 0. The SMILES string of the molecule is CCCCCCCCCCCCCCC/C=C/[C@@H](O)[C@H](COP(=O)(O)O)NC(=O)CCCCCCCCCCCCCCCCCCCCCCCC. The monoisotopic (exact) mass is 772 g/mol. The summed E-state index contributed by atoms with van der Waals surface area (Å²) in [6.45, 7) is 4.10. The zero-order valence-corrected chi connectivity index (χ0v) is 36.1. The molecule has 0 spiro atoms. The molecule has 0 aromatic rings. The van der Waals surface area contributed by atoms with Gasteiger partial charge >= 0.3 is 7.82 Å². The average molecular weight is 772 g/mol. The van der Waals surface area contributed by atoms with E-state index in [0.29, 0.717) is 6.42 Å². The van der Waals surface area contributed by atoms with Crippen molar-refractivity contribution < 1.29 is 28.8 Å². The van der Waals surface area contributed by atoms with Crippen LogP contribution in [0, 0.1) is 0 Å². The first-order valence-corrected chi connectivity index (χ1v) is 24.7. The second-order valence-corrected chi connectivity index (χ2v) is 17.3. The molecule has 0 aliphatic rings.